The summed E-state index contributed by atoms with van der Waals surface area (Å²) in [5.74, 6) is 0.387. The molecule has 0 radical (unpaired) electrons. The van der Waals surface area contributed by atoms with Gasteiger partial charge in [-0.05, 0) is 36.8 Å². The summed E-state index contributed by atoms with van der Waals surface area (Å²) in [5, 5.41) is 2.73. The number of aryl methyl sites for hydroxylation is 2. The molecular formula is C18H20N2O3. The van der Waals surface area contributed by atoms with E-state index in [-0.39, 0.29) is 11.5 Å². The van der Waals surface area contributed by atoms with Gasteiger partial charge in [-0.25, -0.2) is 0 Å². The fourth-order valence-electron chi connectivity index (χ4n) is 2.39. The van der Waals surface area contributed by atoms with E-state index in [4.69, 9.17) is 4.74 Å². The number of hydrogen-bond acceptors (Lipinski definition) is 3. The Labute approximate surface area is 135 Å². The van der Waals surface area contributed by atoms with Crippen LogP contribution in [0.15, 0.2) is 47.9 Å². The normalized spacial score (nSPS) is 10.2. The number of nitrogens with zero attached hydrogens (tertiary/aromatic N) is 1. The first-order valence-electron chi connectivity index (χ1n) is 7.31. The van der Waals surface area contributed by atoms with Gasteiger partial charge in [-0.1, -0.05) is 13.5 Å². The zero-order chi connectivity index (χ0) is 17.0. The van der Waals surface area contributed by atoms with Gasteiger partial charge in [0.05, 0.1) is 7.11 Å². The van der Waals surface area contributed by atoms with E-state index in [0.29, 0.717) is 17.9 Å². The summed E-state index contributed by atoms with van der Waals surface area (Å²) < 4.78 is 6.97. The summed E-state index contributed by atoms with van der Waals surface area (Å²) in [6, 6.07) is 7.22. The largest absolute Gasteiger partial charge is 0.496 e. The molecule has 1 heterocycles. The maximum Gasteiger partial charge on any atom is 0.253 e. The fourth-order valence-corrected chi connectivity index (χ4v) is 2.39. The van der Waals surface area contributed by atoms with Crippen molar-refractivity contribution in [1.29, 1.82) is 0 Å². The second kappa shape index (κ2) is 6.96. The number of aromatic nitrogens is 1. The molecule has 23 heavy (non-hydrogen) atoms. The summed E-state index contributed by atoms with van der Waals surface area (Å²) in [6.07, 6.45) is 3.62. The number of benzene rings is 1. The van der Waals surface area contributed by atoms with Crippen molar-refractivity contribution in [2.24, 2.45) is 7.05 Å². The summed E-state index contributed by atoms with van der Waals surface area (Å²) in [5.41, 5.74) is 3.02. The van der Waals surface area contributed by atoms with E-state index in [1.165, 1.54) is 6.08 Å². The molecule has 0 aliphatic heterocycles. The maximum atomic E-state index is 12.1. The zero-order valence-corrected chi connectivity index (χ0v) is 13.6. The van der Waals surface area contributed by atoms with Gasteiger partial charge in [0.15, 0.2) is 0 Å². The van der Waals surface area contributed by atoms with Crippen LogP contribution in [0.2, 0.25) is 0 Å². The second-order valence-electron chi connectivity index (χ2n) is 5.13. The quantitative estimate of drug-likeness (QED) is 0.864. The number of pyridine rings is 1. The Kier molecular flexibility index (Phi) is 5.01. The van der Waals surface area contributed by atoms with E-state index in [9.17, 15) is 9.59 Å². The smallest absolute Gasteiger partial charge is 0.253 e. The van der Waals surface area contributed by atoms with Gasteiger partial charge in [-0.3, -0.25) is 9.59 Å². The van der Waals surface area contributed by atoms with Crippen molar-refractivity contribution in [1.82, 2.24) is 4.57 Å². The van der Waals surface area contributed by atoms with Crippen molar-refractivity contribution in [3.8, 4) is 16.9 Å². The van der Waals surface area contributed by atoms with Crippen LogP contribution >= 0.6 is 0 Å². The average molecular weight is 312 g/mol. The van der Waals surface area contributed by atoms with E-state index in [1.54, 1.807) is 37.1 Å². The summed E-state index contributed by atoms with van der Waals surface area (Å²) in [7, 11) is 3.31. The van der Waals surface area contributed by atoms with Crippen molar-refractivity contribution in [3.05, 3.63) is 59.0 Å². The molecule has 0 unspecified atom stereocenters. The standard InChI is InChI=1S/C18H20N2O3/c1-5-12-9-13(11-20(3)18(12)22)15-10-14(19-17(21)6-2)7-8-16(15)23-4/h6-11H,2,5H2,1,3-4H3,(H,19,21). The molecule has 120 valence electrons. The lowest BCUT2D eigenvalue weighted by molar-refractivity contribution is -0.111. The topological polar surface area (TPSA) is 60.3 Å². The molecular weight excluding hydrogens is 292 g/mol. The molecule has 2 rings (SSSR count). The lowest BCUT2D eigenvalue weighted by atomic mass is 10.0. The number of methoxy groups -OCH3 is 1. The van der Waals surface area contributed by atoms with E-state index >= 15 is 0 Å². The third kappa shape index (κ3) is 3.51. The van der Waals surface area contributed by atoms with E-state index in [0.717, 1.165) is 16.7 Å². The highest BCUT2D eigenvalue weighted by atomic mass is 16.5. The molecule has 0 aliphatic carbocycles. The summed E-state index contributed by atoms with van der Waals surface area (Å²) in [4.78, 5) is 23.5. The van der Waals surface area contributed by atoms with Crippen LogP contribution in [0, 0.1) is 0 Å². The average Bonchev–Trinajstić information content (AvgIpc) is 2.57. The predicted molar refractivity (Wildman–Crippen MR) is 91.9 cm³/mol. The Bertz CT molecular complexity index is 806. The molecule has 1 aromatic heterocycles. The van der Waals surface area contributed by atoms with Crippen molar-refractivity contribution in [3.63, 3.8) is 0 Å². The molecule has 0 atom stereocenters. The number of carbonyl (C=O) groups excluding carboxylic acids is 1. The number of hydrogen-bond donors (Lipinski definition) is 1. The minimum atomic E-state index is -0.282. The molecule has 1 aromatic carbocycles. The van der Waals surface area contributed by atoms with Crippen LogP contribution in [0.3, 0.4) is 0 Å². The Balaban J connectivity index is 2.59. The molecule has 1 amide bonds. The maximum absolute atomic E-state index is 12.1. The minimum Gasteiger partial charge on any atom is -0.496 e. The van der Waals surface area contributed by atoms with Crippen molar-refractivity contribution in [2.75, 3.05) is 12.4 Å². The SMILES string of the molecule is C=CC(=O)Nc1ccc(OC)c(-c2cc(CC)c(=O)n(C)c2)c1. The van der Waals surface area contributed by atoms with E-state index in [1.807, 2.05) is 19.1 Å². The number of ether oxygens (including phenoxy) is 1. The summed E-state index contributed by atoms with van der Waals surface area (Å²) >= 11 is 0. The van der Waals surface area contributed by atoms with Gasteiger partial charge in [-0.2, -0.15) is 0 Å². The van der Waals surface area contributed by atoms with Crippen LogP contribution in [0.25, 0.3) is 11.1 Å². The number of carbonyl (C=O) groups is 1. The van der Waals surface area contributed by atoms with E-state index in [2.05, 4.69) is 11.9 Å². The first kappa shape index (κ1) is 16.5. The van der Waals surface area contributed by atoms with Crippen molar-refractivity contribution in [2.45, 2.75) is 13.3 Å². The Morgan fingerprint density at radius 2 is 2.13 bits per heavy atom. The van der Waals surface area contributed by atoms with Gasteiger partial charge in [0.1, 0.15) is 5.75 Å². The second-order valence-corrected chi connectivity index (χ2v) is 5.13. The van der Waals surface area contributed by atoms with Crippen molar-refractivity contribution >= 4 is 11.6 Å². The van der Waals surface area contributed by atoms with Crippen LogP contribution < -0.4 is 15.6 Å². The lowest BCUT2D eigenvalue weighted by Gasteiger charge is -2.13. The lowest BCUT2D eigenvalue weighted by Crippen LogP contribution is -2.20. The molecule has 0 spiro atoms. The number of anilines is 1. The molecule has 0 saturated carbocycles. The number of rotatable bonds is 5. The van der Waals surface area contributed by atoms with Crippen LogP contribution in [-0.4, -0.2) is 17.6 Å². The van der Waals surface area contributed by atoms with Crippen LogP contribution in [0.1, 0.15) is 12.5 Å². The van der Waals surface area contributed by atoms with Gasteiger partial charge in [0.2, 0.25) is 5.91 Å². The molecule has 5 nitrogen and oxygen atoms in total. The van der Waals surface area contributed by atoms with E-state index < -0.39 is 0 Å². The van der Waals surface area contributed by atoms with Gasteiger partial charge in [0, 0.05) is 35.6 Å². The molecule has 0 saturated heterocycles. The fraction of sp³-hybridized carbons (Fsp3) is 0.222. The Morgan fingerprint density at radius 3 is 2.74 bits per heavy atom. The summed E-state index contributed by atoms with van der Waals surface area (Å²) in [6.45, 7) is 5.38. The van der Waals surface area contributed by atoms with Gasteiger partial charge < -0.3 is 14.6 Å². The highest BCUT2D eigenvalue weighted by Crippen LogP contribution is 2.32. The number of amides is 1. The number of nitrogens with one attached hydrogen (secondary N) is 1. The van der Waals surface area contributed by atoms with Crippen LogP contribution in [-0.2, 0) is 18.3 Å². The first-order chi connectivity index (χ1) is 11.0. The molecule has 0 fully saturated rings. The Morgan fingerprint density at radius 1 is 1.39 bits per heavy atom. The van der Waals surface area contributed by atoms with Crippen LogP contribution in [0.4, 0.5) is 5.69 Å². The molecule has 5 heteroatoms. The Hall–Kier alpha value is -2.82. The van der Waals surface area contributed by atoms with Crippen molar-refractivity contribution < 1.29 is 9.53 Å². The van der Waals surface area contributed by atoms with Gasteiger partial charge in [-0.15, -0.1) is 0 Å². The highest BCUT2D eigenvalue weighted by Gasteiger charge is 2.11. The molecule has 0 bridgehead atoms. The zero-order valence-electron chi connectivity index (χ0n) is 13.6. The molecule has 0 aliphatic rings. The first-order valence-corrected chi connectivity index (χ1v) is 7.31. The third-order valence-corrected chi connectivity index (χ3v) is 3.60. The van der Waals surface area contributed by atoms with Gasteiger partial charge in [0.25, 0.3) is 5.56 Å². The molecule has 2 aromatic rings. The molecule has 1 N–H and O–H groups in total. The highest BCUT2D eigenvalue weighted by molar-refractivity contribution is 5.99. The predicted octanol–water partition coefficient (Wildman–Crippen LogP) is 2.75. The third-order valence-electron chi connectivity index (χ3n) is 3.60. The van der Waals surface area contributed by atoms with Crippen LogP contribution in [0.5, 0.6) is 5.75 Å². The monoisotopic (exact) mass is 312 g/mol. The minimum absolute atomic E-state index is 0.00803. The van der Waals surface area contributed by atoms with Gasteiger partial charge >= 0.3 is 0 Å².